The predicted octanol–water partition coefficient (Wildman–Crippen LogP) is 4.27. The van der Waals surface area contributed by atoms with Gasteiger partial charge in [0.15, 0.2) is 15.0 Å². The second-order valence-electron chi connectivity index (χ2n) is 10.4. The SMILES string of the molecule is CCCCN(CCCC)S(=O)(=O)c1ccc(C(=O)N(CCN2CCOCC2)c2nc3c(S(C)(=O)=O)cccc3s2)cc1. The van der Waals surface area contributed by atoms with Crippen molar-refractivity contribution in [2.75, 3.05) is 63.6 Å². The molecule has 1 saturated heterocycles. The van der Waals surface area contributed by atoms with Crippen LogP contribution >= 0.6 is 11.3 Å². The number of hydrogen-bond acceptors (Lipinski definition) is 9. The molecule has 0 aliphatic carbocycles. The second kappa shape index (κ2) is 14.4. The highest BCUT2D eigenvalue weighted by molar-refractivity contribution is 7.91. The predicted molar refractivity (Wildman–Crippen MR) is 167 cm³/mol. The number of thiazole rings is 1. The minimum atomic E-state index is -3.70. The average molecular weight is 637 g/mol. The number of benzene rings is 2. The van der Waals surface area contributed by atoms with E-state index in [4.69, 9.17) is 4.74 Å². The van der Waals surface area contributed by atoms with E-state index in [1.165, 1.54) is 33.8 Å². The van der Waals surface area contributed by atoms with Crippen LogP contribution in [0.3, 0.4) is 0 Å². The summed E-state index contributed by atoms with van der Waals surface area (Å²) >= 11 is 1.26. The number of hydrogen-bond donors (Lipinski definition) is 0. The van der Waals surface area contributed by atoms with E-state index in [0.717, 1.165) is 45.0 Å². The number of anilines is 1. The molecule has 1 aliphatic heterocycles. The monoisotopic (exact) mass is 636 g/mol. The van der Waals surface area contributed by atoms with Crippen molar-refractivity contribution < 1.29 is 26.4 Å². The molecule has 230 valence electrons. The van der Waals surface area contributed by atoms with Gasteiger partial charge in [-0.1, -0.05) is 44.1 Å². The van der Waals surface area contributed by atoms with E-state index in [0.29, 0.717) is 60.3 Å². The molecule has 3 aromatic rings. The van der Waals surface area contributed by atoms with Crippen LogP contribution in [0.25, 0.3) is 10.2 Å². The number of fused-ring (bicyclic) bond motifs is 1. The number of para-hydroxylation sites is 1. The number of aromatic nitrogens is 1. The van der Waals surface area contributed by atoms with E-state index in [1.54, 1.807) is 29.2 Å². The Labute approximate surface area is 253 Å². The maximum Gasteiger partial charge on any atom is 0.260 e. The molecule has 0 atom stereocenters. The lowest BCUT2D eigenvalue weighted by Gasteiger charge is -2.29. The molecule has 4 rings (SSSR count). The number of sulfone groups is 1. The van der Waals surface area contributed by atoms with Gasteiger partial charge in [0.05, 0.1) is 27.7 Å². The van der Waals surface area contributed by atoms with Gasteiger partial charge in [-0.2, -0.15) is 4.31 Å². The van der Waals surface area contributed by atoms with Crippen molar-refractivity contribution in [3.63, 3.8) is 0 Å². The number of amides is 1. The van der Waals surface area contributed by atoms with Crippen LogP contribution in [0.1, 0.15) is 49.9 Å². The van der Waals surface area contributed by atoms with Gasteiger partial charge in [-0.05, 0) is 49.2 Å². The molecule has 0 saturated carbocycles. The Morgan fingerprint density at radius 2 is 1.60 bits per heavy atom. The molecule has 1 aromatic heterocycles. The van der Waals surface area contributed by atoms with Crippen molar-refractivity contribution in [3.8, 4) is 0 Å². The molecular formula is C29H40N4O6S3. The Kier molecular flexibility index (Phi) is 11.1. The van der Waals surface area contributed by atoms with Gasteiger partial charge in [-0.25, -0.2) is 21.8 Å². The largest absolute Gasteiger partial charge is 0.379 e. The third-order valence-electron chi connectivity index (χ3n) is 7.25. The van der Waals surface area contributed by atoms with E-state index < -0.39 is 19.9 Å². The average Bonchev–Trinajstić information content (AvgIpc) is 3.41. The number of carbonyl (C=O) groups is 1. The normalized spacial score (nSPS) is 15.0. The molecule has 13 heteroatoms. The molecule has 0 N–H and O–H groups in total. The van der Waals surface area contributed by atoms with Crippen molar-refractivity contribution >= 4 is 52.5 Å². The molecule has 1 fully saturated rings. The van der Waals surface area contributed by atoms with Crippen molar-refractivity contribution in [1.29, 1.82) is 0 Å². The molecule has 0 bridgehead atoms. The first kappa shape index (κ1) is 32.5. The summed E-state index contributed by atoms with van der Waals surface area (Å²) in [5, 5.41) is 0.390. The Morgan fingerprint density at radius 3 is 2.19 bits per heavy atom. The van der Waals surface area contributed by atoms with Crippen LogP contribution in [0.15, 0.2) is 52.3 Å². The first-order valence-electron chi connectivity index (χ1n) is 14.4. The van der Waals surface area contributed by atoms with Crippen LogP contribution in [-0.2, 0) is 24.6 Å². The van der Waals surface area contributed by atoms with E-state index in [1.807, 2.05) is 13.8 Å². The van der Waals surface area contributed by atoms with E-state index >= 15 is 0 Å². The van der Waals surface area contributed by atoms with Crippen molar-refractivity contribution in [1.82, 2.24) is 14.2 Å². The maximum atomic E-state index is 13.9. The fraction of sp³-hybridized carbons (Fsp3) is 0.517. The number of morpholine rings is 1. The summed E-state index contributed by atoms with van der Waals surface area (Å²) in [5.41, 5.74) is 0.664. The summed E-state index contributed by atoms with van der Waals surface area (Å²) in [6.45, 7) is 8.64. The minimum absolute atomic E-state index is 0.119. The van der Waals surface area contributed by atoms with Crippen molar-refractivity contribution in [2.45, 2.75) is 49.3 Å². The van der Waals surface area contributed by atoms with E-state index in [9.17, 15) is 21.6 Å². The first-order valence-corrected chi connectivity index (χ1v) is 18.5. The summed E-state index contributed by atoms with van der Waals surface area (Å²) in [6, 6.07) is 11.1. The zero-order chi connectivity index (χ0) is 30.3. The van der Waals surface area contributed by atoms with Crippen molar-refractivity contribution in [3.05, 3.63) is 48.0 Å². The molecule has 42 heavy (non-hydrogen) atoms. The second-order valence-corrected chi connectivity index (χ2v) is 15.3. The van der Waals surface area contributed by atoms with Crippen LogP contribution in [0.2, 0.25) is 0 Å². The Hall–Kier alpha value is -2.42. The molecule has 0 spiro atoms. The van der Waals surface area contributed by atoms with Gasteiger partial charge in [0, 0.05) is 51.1 Å². The summed E-state index contributed by atoms with van der Waals surface area (Å²) in [5.74, 6) is -0.332. The first-order chi connectivity index (χ1) is 20.1. The smallest absolute Gasteiger partial charge is 0.260 e. The zero-order valence-electron chi connectivity index (χ0n) is 24.5. The van der Waals surface area contributed by atoms with Gasteiger partial charge in [0.1, 0.15) is 5.52 Å². The highest BCUT2D eigenvalue weighted by Gasteiger charge is 2.27. The van der Waals surface area contributed by atoms with E-state index in [2.05, 4.69) is 9.88 Å². The summed E-state index contributed by atoms with van der Waals surface area (Å²) < 4.78 is 59.3. The standard InChI is InChI=1S/C29H40N4O6S3/c1-4-6-15-32(16-7-5-2)42(37,38)24-13-11-23(12-14-24)28(34)33(18-17-31-19-21-39-22-20-31)29-30-27-25(40-29)9-8-10-26(27)41(3,35)36/h8-14H,4-7,15-22H2,1-3H3. The fourth-order valence-corrected chi connectivity index (χ4v) is 8.20. The van der Waals surface area contributed by atoms with Gasteiger partial charge < -0.3 is 4.74 Å². The number of nitrogens with zero attached hydrogens (tertiary/aromatic N) is 4. The third-order valence-corrected chi connectivity index (χ3v) is 11.3. The summed E-state index contributed by atoms with van der Waals surface area (Å²) in [4.78, 5) is 22.6. The lowest BCUT2D eigenvalue weighted by atomic mass is 10.2. The molecule has 1 aliphatic rings. The Bertz CT molecular complexity index is 1560. The number of sulfonamides is 1. The van der Waals surface area contributed by atoms with Crippen LogP contribution in [0.5, 0.6) is 0 Å². The van der Waals surface area contributed by atoms with Crippen molar-refractivity contribution in [2.24, 2.45) is 0 Å². The third kappa shape index (κ3) is 7.74. The summed E-state index contributed by atoms with van der Waals surface area (Å²) in [6.07, 6.45) is 4.48. The van der Waals surface area contributed by atoms with E-state index in [-0.39, 0.29) is 15.7 Å². The number of ether oxygens (including phenoxy) is 1. The molecular weight excluding hydrogens is 597 g/mol. The lowest BCUT2D eigenvalue weighted by molar-refractivity contribution is 0.0391. The molecule has 2 heterocycles. The maximum absolute atomic E-state index is 13.9. The van der Waals surface area contributed by atoms with Gasteiger partial charge in [0.2, 0.25) is 10.0 Å². The van der Waals surface area contributed by atoms with Gasteiger partial charge in [-0.3, -0.25) is 14.6 Å². The van der Waals surface area contributed by atoms with Gasteiger partial charge >= 0.3 is 0 Å². The Balaban J connectivity index is 1.65. The lowest BCUT2D eigenvalue weighted by Crippen LogP contribution is -2.43. The number of rotatable bonds is 14. The zero-order valence-corrected chi connectivity index (χ0v) is 26.9. The van der Waals surface area contributed by atoms with Crippen LogP contribution in [-0.4, -0.2) is 95.7 Å². The van der Waals surface area contributed by atoms with Gasteiger partial charge in [0.25, 0.3) is 5.91 Å². The molecule has 0 unspecified atom stereocenters. The Morgan fingerprint density at radius 1 is 0.952 bits per heavy atom. The summed E-state index contributed by atoms with van der Waals surface area (Å²) in [7, 11) is -7.22. The quantitative estimate of drug-likeness (QED) is 0.258. The highest BCUT2D eigenvalue weighted by Crippen LogP contribution is 2.33. The number of unbranched alkanes of at least 4 members (excludes halogenated alkanes) is 2. The minimum Gasteiger partial charge on any atom is -0.379 e. The topological polar surface area (TPSA) is 117 Å². The molecule has 2 aromatic carbocycles. The van der Waals surface area contributed by atoms with Crippen LogP contribution < -0.4 is 4.90 Å². The molecule has 1 amide bonds. The molecule has 0 radical (unpaired) electrons. The van der Waals surface area contributed by atoms with Crippen LogP contribution in [0, 0.1) is 0 Å². The van der Waals surface area contributed by atoms with Crippen LogP contribution in [0.4, 0.5) is 5.13 Å². The highest BCUT2D eigenvalue weighted by atomic mass is 32.2. The fourth-order valence-electron chi connectivity index (χ4n) is 4.77. The van der Waals surface area contributed by atoms with Gasteiger partial charge in [-0.15, -0.1) is 0 Å². The number of carbonyl (C=O) groups excluding carboxylic acids is 1. The molecule has 10 nitrogen and oxygen atoms in total.